The van der Waals surface area contributed by atoms with Crippen molar-refractivity contribution in [1.82, 2.24) is 4.90 Å². The molecule has 0 aromatic heterocycles. The first-order valence-corrected chi connectivity index (χ1v) is 8.57. The van der Waals surface area contributed by atoms with Gasteiger partial charge < -0.3 is 20.3 Å². The average molecular weight is 342 g/mol. The monoisotopic (exact) mass is 342 g/mol. The van der Waals surface area contributed by atoms with E-state index in [0.717, 1.165) is 17.1 Å². The van der Waals surface area contributed by atoms with E-state index in [0.29, 0.717) is 13.0 Å². The van der Waals surface area contributed by atoms with Gasteiger partial charge in [-0.2, -0.15) is 0 Å². The van der Waals surface area contributed by atoms with Crippen LogP contribution in [0.1, 0.15) is 12.0 Å². The molecule has 3 N–H and O–H groups in total. The molecule has 0 aliphatic heterocycles. The largest absolute Gasteiger partial charge is 0.497 e. The molecule has 2 aromatic carbocycles. The molecule has 2 aromatic rings. The van der Waals surface area contributed by atoms with Gasteiger partial charge in [0, 0.05) is 19.0 Å². The predicted molar refractivity (Wildman–Crippen MR) is 97.7 cm³/mol. The zero-order valence-corrected chi connectivity index (χ0v) is 14.7. The third-order valence-corrected chi connectivity index (χ3v) is 4.80. The van der Waals surface area contributed by atoms with Gasteiger partial charge in [-0.15, -0.1) is 0 Å². The quantitative estimate of drug-likeness (QED) is 0.841. The fourth-order valence-corrected chi connectivity index (χ4v) is 3.52. The highest BCUT2D eigenvalue weighted by Crippen LogP contribution is 2.28. The first-order valence-electron chi connectivity index (χ1n) is 8.57. The van der Waals surface area contributed by atoms with Gasteiger partial charge in [0.2, 0.25) is 0 Å². The Hall–Kier alpha value is -2.08. The Kier molecular flexibility index (Phi) is 5.58. The molecular weight excluding hydrogens is 316 g/mol. The van der Waals surface area contributed by atoms with Crippen molar-refractivity contribution in [1.29, 1.82) is 0 Å². The fourth-order valence-electron chi connectivity index (χ4n) is 3.52. The van der Waals surface area contributed by atoms with Crippen LogP contribution in [0, 0.1) is 0 Å². The van der Waals surface area contributed by atoms with Gasteiger partial charge in [0.1, 0.15) is 23.7 Å². The number of hydrogen-bond donors (Lipinski definition) is 2. The van der Waals surface area contributed by atoms with E-state index >= 15 is 0 Å². The maximum Gasteiger partial charge on any atom is 0.128 e. The van der Waals surface area contributed by atoms with Crippen molar-refractivity contribution in [2.45, 2.75) is 37.3 Å². The SMILES string of the molecule is COc1ccc(CN(C)[C@@H]2[C@@H](O)[C@H](Oc3ccccc3)C[C@H]2N)cc1. The smallest absolute Gasteiger partial charge is 0.128 e. The Morgan fingerprint density at radius 3 is 2.40 bits per heavy atom. The first kappa shape index (κ1) is 17.7. The highest BCUT2D eigenvalue weighted by Gasteiger charge is 2.44. The zero-order valence-electron chi connectivity index (χ0n) is 14.7. The number of ether oxygens (including phenoxy) is 2. The lowest BCUT2D eigenvalue weighted by atomic mass is 10.1. The zero-order chi connectivity index (χ0) is 17.8. The van der Waals surface area contributed by atoms with Gasteiger partial charge in [-0.3, -0.25) is 4.90 Å². The van der Waals surface area contributed by atoms with E-state index in [-0.39, 0.29) is 18.2 Å². The van der Waals surface area contributed by atoms with Gasteiger partial charge in [-0.25, -0.2) is 0 Å². The highest BCUT2D eigenvalue weighted by atomic mass is 16.5. The predicted octanol–water partition coefficient (Wildman–Crippen LogP) is 2.04. The third kappa shape index (κ3) is 4.12. The summed E-state index contributed by atoms with van der Waals surface area (Å²) < 4.78 is 11.1. The van der Waals surface area contributed by atoms with Crippen molar-refractivity contribution in [3.05, 3.63) is 60.2 Å². The summed E-state index contributed by atoms with van der Waals surface area (Å²) in [7, 11) is 3.64. The average Bonchev–Trinajstić information content (AvgIpc) is 2.90. The molecule has 0 spiro atoms. The van der Waals surface area contributed by atoms with Crippen LogP contribution >= 0.6 is 0 Å². The summed E-state index contributed by atoms with van der Waals surface area (Å²) >= 11 is 0. The molecular formula is C20H26N2O3. The van der Waals surface area contributed by atoms with Crippen molar-refractivity contribution in [2.24, 2.45) is 5.73 Å². The van der Waals surface area contributed by atoms with Crippen LogP contribution in [0.15, 0.2) is 54.6 Å². The molecule has 3 rings (SSSR count). The van der Waals surface area contributed by atoms with Crippen molar-refractivity contribution in [3.63, 3.8) is 0 Å². The van der Waals surface area contributed by atoms with Crippen molar-refractivity contribution < 1.29 is 14.6 Å². The number of nitrogens with zero attached hydrogens (tertiary/aromatic N) is 1. The van der Waals surface area contributed by atoms with E-state index in [1.807, 2.05) is 61.6 Å². The van der Waals surface area contributed by atoms with E-state index in [4.69, 9.17) is 15.2 Å². The van der Waals surface area contributed by atoms with E-state index in [1.54, 1.807) is 7.11 Å². The van der Waals surface area contributed by atoms with Crippen LogP contribution in [-0.2, 0) is 6.54 Å². The lowest BCUT2D eigenvalue weighted by Gasteiger charge is -2.30. The maximum atomic E-state index is 10.7. The van der Waals surface area contributed by atoms with Crippen LogP contribution in [0.25, 0.3) is 0 Å². The number of methoxy groups -OCH3 is 1. The summed E-state index contributed by atoms with van der Waals surface area (Å²) in [6.07, 6.45) is -0.285. The summed E-state index contributed by atoms with van der Waals surface area (Å²) in [6.45, 7) is 0.706. The van der Waals surface area contributed by atoms with Crippen molar-refractivity contribution >= 4 is 0 Å². The fraction of sp³-hybridized carbons (Fsp3) is 0.400. The van der Waals surface area contributed by atoms with E-state index < -0.39 is 6.10 Å². The molecule has 0 unspecified atom stereocenters. The lowest BCUT2D eigenvalue weighted by Crippen LogP contribution is -2.48. The standard InChI is InChI=1S/C20H26N2O3/c1-22(13-14-8-10-15(24-2)11-9-14)19-17(21)12-18(20(19)23)25-16-6-4-3-5-7-16/h3-11,17-20,23H,12-13,21H2,1-2H3/t17-,18-,19+,20+/m1/s1. The molecule has 5 nitrogen and oxygen atoms in total. The van der Waals surface area contributed by atoms with Crippen LogP contribution in [0.2, 0.25) is 0 Å². The van der Waals surface area contributed by atoms with E-state index in [2.05, 4.69) is 4.90 Å². The molecule has 0 heterocycles. The molecule has 1 aliphatic carbocycles. The molecule has 5 heteroatoms. The number of hydrogen-bond acceptors (Lipinski definition) is 5. The second-order valence-corrected chi connectivity index (χ2v) is 6.61. The van der Waals surface area contributed by atoms with Gasteiger partial charge in [-0.1, -0.05) is 30.3 Å². The Morgan fingerprint density at radius 1 is 1.08 bits per heavy atom. The van der Waals surface area contributed by atoms with Crippen LogP contribution in [0.3, 0.4) is 0 Å². The molecule has 1 fully saturated rings. The second kappa shape index (κ2) is 7.87. The van der Waals surface area contributed by atoms with Gasteiger partial charge in [0.15, 0.2) is 0 Å². The number of likely N-dealkylation sites (N-methyl/N-ethyl adjacent to an activating group) is 1. The Morgan fingerprint density at radius 2 is 1.76 bits per heavy atom. The minimum atomic E-state index is -0.626. The molecule has 0 amide bonds. The Bertz CT molecular complexity index is 662. The number of para-hydroxylation sites is 1. The van der Waals surface area contributed by atoms with Gasteiger partial charge in [0.05, 0.1) is 13.2 Å². The molecule has 25 heavy (non-hydrogen) atoms. The summed E-state index contributed by atoms with van der Waals surface area (Å²) in [5, 5.41) is 10.7. The van der Waals surface area contributed by atoms with Crippen LogP contribution in [0.5, 0.6) is 11.5 Å². The van der Waals surface area contributed by atoms with Crippen LogP contribution < -0.4 is 15.2 Å². The number of nitrogens with two attached hydrogens (primary N) is 1. The van der Waals surface area contributed by atoms with Gasteiger partial charge in [0.25, 0.3) is 0 Å². The normalized spacial score (nSPS) is 26.0. The molecule has 0 radical (unpaired) electrons. The molecule has 134 valence electrons. The summed E-state index contributed by atoms with van der Waals surface area (Å²) in [5.41, 5.74) is 7.46. The Balaban J connectivity index is 1.64. The van der Waals surface area contributed by atoms with Crippen molar-refractivity contribution in [2.75, 3.05) is 14.2 Å². The second-order valence-electron chi connectivity index (χ2n) is 6.61. The maximum absolute atomic E-state index is 10.7. The molecule has 0 bridgehead atoms. The van der Waals surface area contributed by atoms with E-state index in [9.17, 15) is 5.11 Å². The van der Waals surface area contributed by atoms with Crippen molar-refractivity contribution in [3.8, 4) is 11.5 Å². The molecule has 0 saturated heterocycles. The lowest BCUT2D eigenvalue weighted by molar-refractivity contribution is 0.0137. The molecule has 4 atom stereocenters. The summed E-state index contributed by atoms with van der Waals surface area (Å²) in [4.78, 5) is 2.10. The van der Waals surface area contributed by atoms with Gasteiger partial charge >= 0.3 is 0 Å². The minimum Gasteiger partial charge on any atom is -0.497 e. The number of benzene rings is 2. The number of aliphatic hydroxyl groups is 1. The van der Waals surface area contributed by atoms with Gasteiger partial charge in [-0.05, 0) is 36.9 Å². The molecule has 1 saturated carbocycles. The van der Waals surface area contributed by atoms with E-state index in [1.165, 1.54) is 0 Å². The third-order valence-electron chi connectivity index (χ3n) is 4.80. The Labute approximate surface area is 149 Å². The van der Waals surface area contributed by atoms with Crippen LogP contribution in [0.4, 0.5) is 0 Å². The highest BCUT2D eigenvalue weighted by molar-refractivity contribution is 5.27. The topological polar surface area (TPSA) is 68.0 Å². The summed E-state index contributed by atoms with van der Waals surface area (Å²) in [5.74, 6) is 1.59. The number of aliphatic hydroxyl groups excluding tert-OH is 1. The number of rotatable bonds is 6. The first-order chi connectivity index (χ1) is 12.1. The molecule has 1 aliphatic rings. The summed E-state index contributed by atoms with van der Waals surface area (Å²) in [6, 6.07) is 17.2. The van der Waals surface area contributed by atoms with Crippen LogP contribution in [-0.4, -0.2) is 48.5 Å². The minimum absolute atomic E-state index is 0.132.